The molecule has 4 aromatic rings. The van der Waals surface area contributed by atoms with Crippen molar-refractivity contribution < 1.29 is 4.42 Å². The van der Waals surface area contributed by atoms with Crippen LogP contribution in [-0.4, -0.2) is 4.98 Å². The van der Waals surface area contributed by atoms with Gasteiger partial charge in [0.15, 0.2) is 5.58 Å². The standard InChI is InChI=1S/C19H15NO/c1-12-8-9-15-18-17(21-19(15)13(12)2)11-10-16(20-18)14-6-4-3-5-7-14/h3-11H,1-2H3. The molecule has 2 heterocycles. The van der Waals surface area contributed by atoms with E-state index in [-0.39, 0.29) is 0 Å². The van der Waals surface area contributed by atoms with Crippen molar-refractivity contribution in [3.63, 3.8) is 0 Å². The molecular weight excluding hydrogens is 258 g/mol. The Hall–Kier alpha value is -2.61. The highest BCUT2D eigenvalue weighted by molar-refractivity contribution is 6.04. The number of furan rings is 1. The van der Waals surface area contributed by atoms with Crippen LogP contribution in [0.5, 0.6) is 0 Å². The van der Waals surface area contributed by atoms with E-state index in [1.54, 1.807) is 0 Å². The van der Waals surface area contributed by atoms with Crippen molar-refractivity contribution in [2.24, 2.45) is 0 Å². The predicted molar refractivity (Wildman–Crippen MR) is 86.4 cm³/mol. The molecule has 0 radical (unpaired) electrons. The molecule has 0 saturated heterocycles. The van der Waals surface area contributed by atoms with E-state index in [4.69, 9.17) is 9.40 Å². The second-order valence-electron chi connectivity index (χ2n) is 5.40. The normalized spacial score (nSPS) is 11.3. The molecule has 21 heavy (non-hydrogen) atoms. The topological polar surface area (TPSA) is 26.0 Å². The Kier molecular flexibility index (Phi) is 2.58. The van der Waals surface area contributed by atoms with E-state index in [2.05, 4.69) is 38.1 Å². The van der Waals surface area contributed by atoms with Crippen LogP contribution in [0, 0.1) is 13.8 Å². The third-order valence-electron chi connectivity index (χ3n) is 4.07. The van der Waals surface area contributed by atoms with E-state index in [0.29, 0.717) is 0 Å². The van der Waals surface area contributed by atoms with E-state index in [0.717, 1.165) is 33.3 Å². The molecule has 0 fully saturated rings. The lowest BCUT2D eigenvalue weighted by Crippen LogP contribution is -1.83. The summed E-state index contributed by atoms with van der Waals surface area (Å²) < 4.78 is 5.99. The molecule has 0 amide bonds. The monoisotopic (exact) mass is 273 g/mol. The summed E-state index contributed by atoms with van der Waals surface area (Å²) in [5.41, 5.74) is 7.26. The van der Waals surface area contributed by atoms with Gasteiger partial charge in [-0.25, -0.2) is 4.98 Å². The second kappa shape index (κ2) is 4.45. The Balaban J connectivity index is 2.03. The van der Waals surface area contributed by atoms with Gasteiger partial charge in [0.25, 0.3) is 0 Å². The maximum Gasteiger partial charge on any atom is 0.153 e. The molecule has 0 atom stereocenters. The Morgan fingerprint density at radius 3 is 2.48 bits per heavy atom. The fourth-order valence-corrected chi connectivity index (χ4v) is 2.71. The molecule has 0 spiro atoms. The number of hydrogen-bond donors (Lipinski definition) is 0. The van der Waals surface area contributed by atoms with Gasteiger partial charge in [0.05, 0.1) is 5.69 Å². The largest absolute Gasteiger partial charge is 0.454 e. The Morgan fingerprint density at radius 1 is 0.857 bits per heavy atom. The molecule has 0 bridgehead atoms. The van der Waals surface area contributed by atoms with Crippen LogP contribution in [0.15, 0.2) is 59.0 Å². The molecule has 102 valence electrons. The van der Waals surface area contributed by atoms with Crippen molar-refractivity contribution in [1.82, 2.24) is 4.98 Å². The van der Waals surface area contributed by atoms with E-state index in [1.807, 2.05) is 30.3 Å². The van der Waals surface area contributed by atoms with Gasteiger partial charge in [0.1, 0.15) is 11.1 Å². The molecule has 0 saturated carbocycles. The van der Waals surface area contributed by atoms with Crippen molar-refractivity contribution in [2.45, 2.75) is 13.8 Å². The van der Waals surface area contributed by atoms with Gasteiger partial charge in [-0.2, -0.15) is 0 Å². The van der Waals surface area contributed by atoms with E-state index in [1.165, 1.54) is 11.1 Å². The highest BCUT2D eigenvalue weighted by atomic mass is 16.3. The number of rotatable bonds is 1. The van der Waals surface area contributed by atoms with Gasteiger partial charge >= 0.3 is 0 Å². The molecule has 2 aromatic carbocycles. The molecule has 2 nitrogen and oxygen atoms in total. The Morgan fingerprint density at radius 2 is 1.67 bits per heavy atom. The van der Waals surface area contributed by atoms with Crippen LogP contribution in [0.3, 0.4) is 0 Å². The molecule has 4 rings (SSSR count). The van der Waals surface area contributed by atoms with Crippen LogP contribution in [-0.2, 0) is 0 Å². The number of pyridine rings is 1. The highest BCUT2D eigenvalue weighted by Gasteiger charge is 2.12. The molecule has 0 aliphatic heterocycles. The molecule has 2 aromatic heterocycles. The summed E-state index contributed by atoms with van der Waals surface area (Å²) in [6, 6.07) is 18.5. The lowest BCUT2D eigenvalue weighted by Gasteiger charge is -2.00. The molecule has 0 aliphatic rings. The van der Waals surface area contributed by atoms with Crippen molar-refractivity contribution >= 4 is 22.1 Å². The summed E-state index contributed by atoms with van der Waals surface area (Å²) in [6.07, 6.45) is 0. The fourth-order valence-electron chi connectivity index (χ4n) is 2.71. The van der Waals surface area contributed by atoms with Gasteiger partial charge in [0, 0.05) is 10.9 Å². The smallest absolute Gasteiger partial charge is 0.153 e. The van der Waals surface area contributed by atoms with Crippen molar-refractivity contribution in [2.75, 3.05) is 0 Å². The maximum absolute atomic E-state index is 5.99. The number of hydrogen-bond acceptors (Lipinski definition) is 2. The number of benzene rings is 2. The number of fused-ring (bicyclic) bond motifs is 3. The summed E-state index contributed by atoms with van der Waals surface area (Å²) >= 11 is 0. The zero-order chi connectivity index (χ0) is 14.4. The minimum absolute atomic E-state index is 0.846. The first-order valence-electron chi connectivity index (χ1n) is 7.09. The van der Waals surface area contributed by atoms with Gasteiger partial charge in [-0.05, 0) is 43.2 Å². The summed E-state index contributed by atoms with van der Waals surface area (Å²) in [5, 5.41) is 1.09. The number of aryl methyl sites for hydroxylation is 2. The Bertz CT molecular complexity index is 952. The third kappa shape index (κ3) is 1.83. The average molecular weight is 273 g/mol. The minimum Gasteiger partial charge on any atom is -0.454 e. The SMILES string of the molecule is Cc1ccc2c(oc3ccc(-c4ccccc4)nc32)c1C. The van der Waals surface area contributed by atoms with Crippen LogP contribution in [0.1, 0.15) is 11.1 Å². The highest BCUT2D eigenvalue weighted by Crippen LogP contribution is 2.32. The first-order chi connectivity index (χ1) is 10.2. The van der Waals surface area contributed by atoms with Gasteiger partial charge in [0.2, 0.25) is 0 Å². The average Bonchev–Trinajstić information content (AvgIpc) is 2.90. The first kappa shape index (κ1) is 12.2. The van der Waals surface area contributed by atoms with E-state index < -0.39 is 0 Å². The summed E-state index contributed by atoms with van der Waals surface area (Å²) in [4.78, 5) is 4.81. The number of nitrogens with zero attached hydrogens (tertiary/aromatic N) is 1. The second-order valence-corrected chi connectivity index (χ2v) is 5.40. The summed E-state index contributed by atoms with van der Waals surface area (Å²) in [5.74, 6) is 0. The van der Waals surface area contributed by atoms with Crippen LogP contribution in [0.4, 0.5) is 0 Å². The summed E-state index contributed by atoms with van der Waals surface area (Å²) in [6.45, 7) is 4.20. The molecular formula is C19H15NO. The van der Waals surface area contributed by atoms with Crippen LogP contribution >= 0.6 is 0 Å². The summed E-state index contributed by atoms with van der Waals surface area (Å²) in [7, 11) is 0. The van der Waals surface area contributed by atoms with Crippen LogP contribution < -0.4 is 0 Å². The fraction of sp³-hybridized carbons (Fsp3) is 0.105. The molecule has 0 N–H and O–H groups in total. The lowest BCUT2D eigenvalue weighted by atomic mass is 10.1. The lowest BCUT2D eigenvalue weighted by molar-refractivity contribution is 0.664. The molecule has 0 aliphatic carbocycles. The first-order valence-corrected chi connectivity index (χ1v) is 7.09. The molecule has 2 heteroatoms. The van der Waals surface area contributed by atoms with Gasteiger partial charge in [-0.15, -0.1) is 0 Å². The van der Waals surface area contributed by atoms with E-state index in [9.17, 15) is 0 Å². The van der Waals surface area contributed by atoms with Gasteiger partial charge in [-0.3, -0.25) is 0 Å². The zero-order valence-corrected chi connectivity index (χ0v) is 12.1. The minimum atomic E-state index is 0.846. The van der Waals surface area contributed by atoms with E-state index >= 15 is 0 Å². The third-order valence-corrected chi connectivity index (χ3v) is 4.07. The number of aromatic nitrogens is 1. The zero-order valence-electron chi connectivity index (χ0n) is 12.1. The van der Waals surface area contributed by atoms with Crippen molar-refractivity contribution in [1.29, 1.82) is 0 Å². The van der Waals surface area contributed by atoms with Crippen LogP contribution in [0.25, 0.3) is 33.3 Å². The quantitative estimate of drug-likeness (QED) is 0.472. The van der Waals surface area contributed by atoms with Crippen LogP contribution in [0.2, 0.25) is 0 Å². The predicted octanol–water partition coefficient (Wildman–Crippen LogP) is 5.26. The van der Waals surface area contributed by atoms with Crippen molar-refractivity contribution in [3.8, 4) is 11.3 Å². The molecule has 0 unspecified atom stereocenters. The van der Waals surface area contributed by atoms with Gasteiger partial charge < -0.3 is 4.42 Å². The Labute approximate surface area is 123 Å². The van der Waals surface area contributed by atoms with Crippen molar-refractivity contribution in [3.05, 3.63) is 65.7 Å². The van der Waals surface area contributed by atoms with Gasteiger partial charge in [-0.1, -0.05) is 36.4 Å². The maximum atomic E-state index is 5.99.